The second-order valence-electron chi connectivity index (χ2n) is 8.30. The lowest BCUT2D eigenvalue weighted by atomic mass is 9.75. The molecule has 1 fully saturated rings. The predicted molar refractivity (Wildman–Crippen MR) is 106 cm³/mol. The maximum absolute atomic E-state index is 13.9. The van der Waals surface area contributed by atoms with Crippen LogP contribution >= 0.6 is 0 Å². The van der Waals surface area contributed by atoms with Crippen LogP contribution in [0.1, 0.15) is 39.5 Å². The van der Waals surface area contributed by atoms with E-state index < -0.39 is 27.1 Å². The minimum atomic E-state index is -3.44. The third kappa shape index (κ3) is 4.78. The van der Waals surface area contributed by atoms with Crippen LogP contribution < -0.4 is 0 Å². The van der Waals surface area contributed by atoms with Gasteiger partial charge in [-0.05, 0) is 81.2 Å². The van der Waals surface area contributed by atoms with E-state index in [0.29, 0.717) is 5.56 Å². The fourth-order valence-corrected chi connectivity index (χ4v) is 5.70. The highest BCUT2D eigenvalue weighted by Crippen LogP contribution is 2.36. The summed E-state index contributed by atoms with van der Waals surface area (Å²) in [4.78, 5) is 0.211. The number of aliphatic hydroxyl groups is 1. The lowest BCUT2D eigenvalue weighted by molar-refractivity contribution is -0.00447. The SMILES string of the molecule is CC(C)(O)C1CCC(CS(=O)(=O)c2ccc(-c3ccc(F)cc3F)cc2)CC1. The number of halogens is 2. The Labute approximate surface area is 165 Å². The van der Waals surface area contributed by atoms with Gasteiger partial charge in [-0.3, -0.25) is 0 Å². The van der Waals surface area contributed by atoms with Gasteiger partial charge >= 0.3 is 0 Å². The van der Waals surface area contributed by atoms with Gasteiger partial charge in [-0.1, -0.05) is 12.1 Å². The molecular formula is C22H26F2O3S. The maximum atomic E-state index is 13.9. The number of benzene rings is 2. The Bertz CT molecular complexity index is 923. The van der Waals surface area contributed by atoms with Gasteiger partial charge < -0.3 is 5.11 Å². The van der Waals surface area contributed by atoms with Crippen molar-refractivity contribution in [3.05, 3.63) is 54.1 Å². The van der Waals surface area contributed by atoms with Gasteiger partial charge in [0.15, 0.2) is 9.84 Å². The topological polar surface area (TPSA) is 54.4 Å². The first-order valence-corrected chi connectivity index (χ1v) is 11.2. The van der Waals surface area contributed by atoms with E-state index in [1.807, 2.05) is 0 Å². The van der Waals surface area contributed by atoms with Gasteiger partial charge in [-0.15, -0.1) is 0 Å². The number of hydrogen-bond acceptors (Lipinski definition) is 3. The summed E-state index contributed by atoms with van der Waals surface area (Å²) in [6.07, 6.45) is 3.22. The van der Waals surface area contributed by atoms with Crippen LogP contribution in [-0.2, 0) is 9.84 Å². The van der Waals surface area contributed by atoms with Gasteiger partial charge in [0, 0.05) is 11.6 Å². The van der Waals surface area contributed by atoms with Crippen molar-refractivity contribution in [1.82, 2.24) is 0 Å². The summed E-state index contributed by atoms with van der Waals surface area (Å²) >= 11 is 0. The fourth-order valence-electron chi connectivity index (χ4n) is 4.01. The predicted octanol–water partition coefficient (Wildman–Crippen LogP) is 4.98. The van der Waals surface area contributed by atoms with Crippen molar-refractivity contribution in [3.8, 4) is 11.1 Å². The van der Waals surface area contributed by atoms with Crippen LogP contribution in [0.15, 0.2) is 47.4 Å². The number of rotatable bonds is 5. The zero-order valence-electron chi connectivity index (χ0n) is 16.2. The molecule has 6 heteroatoms. The molecule has 0 amide bonds. The zero-order chi connectivity index (χ0) is 20.5. The quantitative estimate of drug-likeness (QED) is 0.759. The normalized spacial score (nSPS) is 20.9. The molecule has 0 saturated heterocycles. The molecule has 1 saturated carbocycles. The Morgan fingerprint density at radius 2 is 1.61 bits per heavy atom. The van der Waals surface area contributed by atoms with E-state index in [2.05, 4.69) is 0 Å². The third-order valence-corrected chi connectivity index (χ3v) is 7.66. The first kappa shape index (κ1) is 20.9. The average molecular weight is 409 g/mol. The Morgan fingerprint density at radius 1 is 1.00 bits per heavy atom. The molecular weight excluding hydrogens is 382 g/mol. The van der Waals surface area contributed by atoms with Crippen LogP contribution in [0, 0.1) is 23.5 Å². The molecule has 1 N–H and O–H groups in total. The Morgan fingerprint density at radius 3 is 2.14 bits per heavy atom. The second-order valence-corrected chi connectivity index (χ2v) is 10.3. The number of sulfone groups is 1. The fraction of sp³-hybridized carbons (Fsp3) is 0.455. The van der Waals surface area contributed by atoms with Gasteiger partial charge in [0.05, 0.1) is 16.2 Å². The van der Waals surface area contributed by atoms with E-state index in [1.54, 1.807) is 26.0 Å². The van der Waals surface area contributed by atoms with E-state index in [0.717, 1.165) is 31.7 Å². The van der Waals surface area contributed by atoms with Gasteiger partial charge in [0.1, 0.15) is 11.6 Å². The molecule has 1 aliphatic carbocycles. The second kappa shape index (κ2) is 7.91. The third-order valence-electron chi connectivity index (χ3n) is 5.76. The van der Waals surface area contributed by atoms with Crippen molar-refractivity contribution in [2.24, 2.45) is 11.8 Å². The summed E-state index contributed by atoms with van der Waals surface area (Å²) in [6, 6.07) is 9.39. The van der Waals surface area contributed by atoms with E-state index in [4.69, 9.17) is 0 Å². The van der Waals surface area contributed by atoms with Gasteiger partial charge in [0.2, 0.25) is 0 Å². The van der Waals surface area contributed by atoms with E-state index >= 15 is 0 Å². The molecule has 0 aliphatic heterocycles. The lowest BCUT2D eigenvalue weighted by Crippen LogP contribution is -2.35. The highest BCUT2D eigenvalue weighted by molar-refractivity contribution is 7.91. The summed E-state index contributed by atoms with van der Waals surface area (Å²) in [5.74, 6) is -0.969. The van der Waals surface area contributed by atoms with Crippen LogP contribution in [0.3, 0.4) is 0 Å². The highest BCUT2D eigenvalue weighted by atomic mass is 32.2. The molecule has 152 valence electrons. The molecule has 0 aromatic heterocycles. The molecule has 2 aromatic carbocycles. The average Bonchev–Trinajstić information content (AvgIpc) is 2.61. The molecule has 3 nitrogen and oxygen atoms in total. The van der Waals surface area contributed by atoms with Crippen molar-refractivity contribution in [3.63, 3.8) is 0 Å². The van der Waals surface area contributed by atoms with E-state index in [1.165, 1.54) is 24.3 Å². The smallest absolute Gasteiger partial charge is 0.178 e. The van der Waals surface area contributed by atoms with Gasteiger partial charge in [-0.25, -0.2) is 17.2 Å². The van der Waals surface area contributed by atoms with Crippen LogP contribution in [0.2, 0.25) is 0 Å². The largest absolute Gasteiger partial charge is 0.390 e. The van der Waals surface area contributed by atoms with Crippen LogP contribution in [0.4, 0.5) is 8.78 Å². The van der Waals surface area contributed by atoms with E-state index in [-0.39, 0.29) is 28.0 Å². The number of hydrogen-bond donors (Lipinski definition) is 1. The summed E-state index contributed by atoms with van der Waals surface area (Å²) in [6.45, 7) is 3.61. The molecule has 0 spiro atoms. The van der Waals surface area contributed by atoms with Gasteiger partial charge in [-0.2, -0.15) is 0 Å². The molecule has 0 radical (unpaired) electrons. The Kier molecular flexibility index (Phi) is 5.92. The summed E-state index contributed by atoms with van der Waals surface area (Å²) < 4.78 is 52.5. The van der Waals surface area contributed by atoms with Crippen molar-refractivity contribution >= 4 is 9.84 Å². The zero-order valence-corrected chi connectivity index (χ0v) is 17.0. The molecule has 28 heavy (non-hydrogen) atoms. The first-order chi connectivity index (χ1) is 13.1. The Balaban J connectivity index is 1.69. The standard InChI is InChI=1S/C22H26F2O3S/c1-22(2,25)17-7-3-15(4-8-17)14-28(26,27)19-10-5-16(6-11-19)20-12-9-18(23)13-21(20)24/h5-6,9-13,15,17,25H,3-4,7-8,14H2,1-2H3. The molecule has 0 unspecified atom stereocenters. The minimum absolute atomic E-state index is 0.0792. The van der Waals surface area contributed by atoms with Crippen molar-refractivity contribution in [1.29, 1.82) is 0 Å². The Hall–Kier alpha value is -1.79. The first-order valence-electron chi connectivity index (χ1n) is 9.57. The molecule has 3 rings (SSSR count). The molecule has 0 atom stereocenters. The van der Waals surface area contributed by atoms with Crippen LogP contribution in [0.5, 0.6) is 0 Å². The minimum Gasteiger partial charge on any atom is -0.390 e. The summed E-state index contributed by atoms with van der Waals surface area (Å²) in [5.41, 5.74) is 0.00684. The maximum Gasteiger partial charge on any atom is 0.178 e. The van der Waals surface area contributed by atoms with Gasteiger partial charge in [0.25, 0.3) is 0 Å². The molecule has 0 heterocycles. The summed E-state index contributed by atoms with van der Waals surface area (Å²) in [5, 5.41) is 10.1. The van der Waals surface area contributed by atoms with Crippen LogP contribution in [-0.4, -0.2) is 24.9 Å². The van der Waals surface area contributed by atoms with Crippen molar-refractivity contribution in [2.75, 3.05) is 5.75 Å². The van der Waals surface area contributed by atoms with Crippen molar-refractivity contribution < 1.29 is 22.3 Å². The molecule has 2 aromatic rings. The van der Waals surface area contributed by atoms with Crippen molar-refractivity contribution in [2.45, 2.75) is 50.0 Å². The molecule has 0 bridgehead atoms. The van der Waals surface area contributed by atoms with E-state index in [9.17, 15) is 22.3 Å². The lowest BCUT2D eigenvalue weighted by Gasteiger charge is -2.35. The van der Waals surface area contributed by atoms with Crippen LogP contribution in [0.25, 0.3) is 11.1 Å². The highest BCUT2D eigenvalue weighted by Gasteiger charge is 2.33. The summed E-state index contributed by atoms with van der Waals surface area (Å²) in [7, 11) is -3.44. The monoisotopic (exact) mass is 408 g/mol. The molecule has 1 aliphatic rings.